The van der Waals surface area contributed by atoms with Crippen LogP contribution in [0.25, 0.3) is 0 Å². The monoisotopic (exact) mass is 290 g/mol. The lowest BCUT2D eigenvalue weighted by Gasteiger charge is -2.30. The average molecular weight is 290 g/mol. The van der Waals surface area contributed by atoms with Crippen molar-refractivity contribution in [2.75, 3.05) is 20.2 Å². The van der Waals surface area contributed by atoms with Gasteiger partial charge in [0.05, 0.1) is 6.10 Å². The molecule has 1 aliphatic carbocycles. The highest BCUT2D eigenvalue weighted by Crippen LogP contribution is 2.23. The van der Waals surface area contributed by atoms with E-state index in [1.54, 1.807) is 7.05 Å². The molecule has 1 heterocycles. The van der Waals surface area contributed by atoms with Gasteiger partial charge in [-0.15, -0.1) is 0 Å². The molecule has 0 aromatic rings. The van der Waals surface area contributed by atoms with Crippen molar-refractivity contribution in [2.45, 2.75) is 63.5 Å². The van der Waals surface area contributed by atoms with Gasteiger partial charge in [0.15, 0.2) is 0 Å². The summed E-state index contributed by atoms with van der Waals surface area (Å²) in [7, 11) is -1.63. The van der Waals surface area contributed by atoms with Crippen LogP contribution in [0.2, 0.25) is 0 Å². The van der Waals surface area contributed by atoms with E-state index in [4.69, 9.17) is 4.74 Å². The Kier molecular flexibility index (Phi) is 5.62. The summed E-state index contributed by atoms with van der Waals surface area (Å²) in [4.78, 5) is 0. The highest BCUT2D eigenvalue weighted by Gasteiger charge is 2.27. The Labute approximate surface area is 116 Å². The van der Waals surface area contributed by atoms with Crippen molar-refractivity contribution < 1.29 is 13.2 Å². The van der Waals surface area contributed by atoms with Crippen molar-refractivity contribution in [3.8, 4) is 0 Å². The second-order valence-corrected chi connectivity index (χ2v) is 7.45. The molecule has 5 nitrogen and oxygen atoms in total. The summed E-state index contributed by atoms with van der Waals surface area (Å²) < 4.78 is 34.1. The van der Waals surface area contributed by atoms with Gasteiger partial charge in [0.2, 0.25) is 0 Å². The average Bonchev–Trinajstić information content (AvgIpc) is 2.92. The zero-order chi connectivity index (χ0) is 13.7. The van der Waals surface area contributed by atoms with Gasteiger partial charge in [-0.25, -0.2) is 4.72 Å². The third-order valence-corrected chi connectivity index (χ3v) is 5.87. The minimum Gasteiger partial charge on any atom is -0.378 e. The van der Waals surface area contributed by atoms with Gasteiger partial charge in [-0.2, -0.15) is 12.7 Å². The van der Waals surface area contributed by atoms with Gasteiger partial charge in [0.1, 0.15) is 0 Å². The lowest BCUT2D eigenvalue weighted by atomic mass is 9.96. The quantitative estimate of drug-likeness (QED) is 0.809. The molecular weight excluding hydrogens is 264 g/mol. The van der Waals surface area contributed by atoms with Gasteiger partial charge < -0.3 is 4.74 Å². The van der Waals surface area contributed by atoms with Crippen LogP contribution in [0.4, 0.5) is 0 Å². The zero-order valence-electron chi connectivity index (χ0n) is 11.8. The van der Waals surface area contributed by atoms with Crippen LogP contribution in [0.1, 0.15) is 51.4 Å². The third kappa shape index (κ3) is 4.41. The Morgan fingerprint density at radius 3 is 2.53 bits per heavy atom. The molecular formula is C13H26N2O3S. The molecule has 0 spiro atoms. The first-order valence-electron chi connectivity index (χ1n) is 7.44. The molecule has 0 radical (unpaired) electrons. The molecule has 0 amide bonds. The number of hydrogen-bond donors (Lipinski definition) is 1. The molecule has 1 unspecified atom stereocenters. The van der Waals surface area contributed by atoms with Crippen LogP contribution < -0.4 is 4.72 Å². The number of hydrogen-bond acceptors (Lipinski definition) is 3. The van der Waals surface area contributed by atoms with E-state index in [1.165, 1.54) is 10.7 Å². The summed E-state index contributed by atoms with van der Waals surface area (Å²) in [6.07, 6.45) is 8.66. The fourth-order valence-corrected chi connectivity index (χ4v) is 4.15. The highest BCUT2D eigenvalue weighted by atomic mass is 32.2. The smallest absolute Gasteiger partial charge is 0.279 e. The zero-order valence-corrected chi connectivity index (χ0v) is 12.6. The fourth-order valence-electron chi connectivity index (χ4n) is 2.96. The Balaban J connectivity index is 1.76. The molecule has 19 heavy (non-hydrogen) atoms. The van der Waals surface area contributed by atoms with Crippen LogP contribution in [0.5, 0.6) is 0 Å². The molecule has 0 bridgehead atoms. The molecule has 1 saturated carbocycles. The fraction of sp³-hybridized carbons (Fsp3) is 1.00. The summed E-state index contributed by atoms with van der Waals surface area (Å²) in [6, 6.07) is 0.175. The van der Waals surface area contributed by atoms with Crippen LogP contribution >= 0.6 is 0 Å². The topological polar surface area (TPSA) is 58.6 Å². The highest BCUT2D eigenvalue weighted by molar-refractivity contribution is 7.87. The first kappa shape index (κ1) is 15.2. The standard InChI is InChI=1S/C13H26N2O3S/c1-15(12-6-3-2-4-7-12)19(16,17)14-10-9-13-8-5-11-18-13/h12-14H,2-11H2,1H3. The Morgan fingerprint density at radius 1 is 1.16 bits per heavy atom. The summed E-state index contributed by atoms with van der Waals surface area (Å²) in [5.74, 6) is 0. The number of ether oxygens (including phenoxy) is 1. The first-order valence-corrected chi connectivity index (χ1v) is 8.88. The van der Waals surface area contributed by atoms with Gasteiger partial charge in [0.25, 0.3) is 10.2 Å². The van der Waals surface area contributed by atoms with Gasteiger partial charge in [-0.1, -0.05) is 19.3 Å². The van der Waals surface area contributed by atoms with E-state index in [0.717, 1.165) is 51.6 Å². The van der Waals surface area contributed by atoms with Crippen molar-refractivity contribution in [1.82, 2.24) is 9.03 Å². The lowest BCUT2D eigenvalue weighted by molar-refractivity contribution is 0.105. The Morgan fingerprint density at radius 2 is 1.89 bits per heavy atom. The van der Waals surface area contributed by atoms with Gasteiger partial charge >= 0.3 is 0 Å². The molecule has 2 rings (SSSR count). The van der Waals surface area contributed by atoms with Crippen molar-refractivity contribution in [2.24, 2.45) is 0 Å². The van der Waals surface area contributed by atoms with E-state index in [-0.39, 0.29) is 12.1 Å². The van der Waals surface area contributed by atoms with E-state index >= 15 is 0 Å². The van der Waals surface area contributed by atoms with Gasteiger partial charge in [-0.3, -0.25) is 0 Å². The van der Waals surface area contributed by atoms with Crippen LogP contribution in [0.3, 0.4) is 0 Å². The molecule has 112 valence electrons. The molecule has 0 aromatic heterocycles. The minimum atomic E-state index is -3.32. The number of nitrogens with zero attached hydrogens (tertiary/aromatic N) is 1. The lowest BCUT2D eigenvalue weighted by Crippen LogP contribution is -2.45. The van der Waals surface area contributed by atoms with E-state index < -0.39 is 10.2 Å². The van der Waals surface area contributed by atoms with Crippen LogP contribution in [0.15, 0.2) is 0 Å². The number of rotatable bonds is 6. The second-order valence-electron chi connectivity index (χ2n) is 5.63. The van der Waals surface area contributed by atoms with Crippen LogP contribution in [0, 0.1) is 0 Å². The molecule has 1 saturated heterocycles. The van der Waals surface area contributed by atoms with E-state index in [0.29, 0.717) is 6.54 Å². The predicted octanol–water partition coefficient (Wildman–Crippen LogP) is 1.65. The SMILES string of the molecule is CN(C1CCCCC1)S(=O)(=O)NCCC1CCCO1. The number of nitrogens with one attached hydrogen (secondary N) is 1. The van der Waals surface area contributed by atoms with Gasteiger partial charge in [-0.05, 0) is 32.1 Å². The molecule has 6 heteroatoms. The summed E-state index contributed by atoms with van der Waals surface area (Å²) in [5, 5.41) is 0. The maximum Gasteiger partial charge on any atom is 0.279 e. The van der Waals surface area contributed by atoms with Crippen molar-refractivity contribution >= 4 is 10.2 Å². The largest absolute Gasteiger partial charge is 0.378 e. The van der Waals surface area contributed by atoms with E-state index in [1.807, 2.05) is 0 Å². The van der Waals surface area contributed by atoms with Crippen LogP contribution in [-0.4, -0.2) is 45.1 Å². The predicted molar refractivity (Wildman–Crippen MR) is 75.1 cm³/mol. The first-order chi connectivity index (χ1) is 9.09. The Bertz CT molecular complexity index is 360. The van der Waals surface area contributed by atoms with Gasteiger partial charge in [0, 0.05) is 26.2 Å². The molecule has 1 N–H and O–H groups in total. The molecule has 1 aliphatic heterocycles. The van der Waals surface area contributed by atoms with Crippen molar-refractivity contribution in [1.29, 1.82) is 0 Å². The maximum atomic E-state index is 12.2. The molecule has 2 fully saturated rings. The summed E-state index contributed by atoms with van der Waals surface area (Å²) >= 11 is 0. The van der Waals surface area contributed by atoms with Crippen molar-refractivity contribution in [3.63, 3.8) is 0 Å². The molecule has 1 atom stereocenters. The molecule has 2 aliphatic rings. The van der Waals surface area contributed by atoms with Crippen LogP contribution in [-0.2, 0) is 14.9 Å². The molecule has 0 aromatic carbocycles. The van der Waals surface area contributed by atoms with E-state index in [2.05, 4.69) is 4.72 Å². The minimum absolute atomic E-state index is 0.175. The second kappa shape index (κ2) is 7.02. The summed E-state index contributed by atoms with van der Waals surface area (Å²) in [6.45, 7) is 1.30. The Hall–Kier alpha value is -0.170. The van der Waals surface area contributed by atoms with Crippen molar-refractivity contribution in [3.05, 3.63) is 0 Å². The maximum absolute atomic E-state index is 12.2. The van der Waals surface area contributed by atoms with E-state index in [9.17, 15) is 8.42 Å². The summed E-state index contributed by atoms with van der Waals surface area (Å²) in [5.41, 5.74) is 0. The third-order valence-electron chi connectivity index (χ3n) is 4.24. The normalized spacial score (nSPS) is 26.1.